The number of hydrogen-bond donors (Lipinski definition) is 0. The molecule has 0 unspecified atom stereocenters. The molecule has 1 aliphatic carbocycles. The van der Waals surface area contributed by atoms with E-state index < -0.39 is 5.54 Å². The van der Waals surface area contributed by atoms with Crippen LogP contribution in [0.2, 0.25) is 5.02 Å². The largest absolute Gasteiger partial charge is 0.495 e. The van der Waals surface area contributed by atoms with Gasteiger partial charge in [-0.05, 0) is 37.8 Å². The van der Waals surface area contributed by atoms with E-state index in [-0.39, 0.29) is 0 Å². The molecule has 0 N–H and O–H groups in total. The van der Waals surface area contributed by atoms with Crippen LogP contribution in [-0.4, -0.2) is 13.2 Å². The highest BCUT2D eigenvalue weighted by molar-refractivity contribution is 6.33. The minimum absolute atomic E-state index is 0.450. The predicted octanol–water partition coefficient (Wildman–Crippen LogP) is 3.29. The van der Waals surface area contributed by atoms with E-state index in [9.17, 15) is 4.79 Å². The van der Waals surface area contributed by atoms with Crippen molar-refractivity contribution in [1.29, 1.82) is 0 Å². The third-order valence-corrected chi connectivity index (χ3v) is 3.72. The summed E-state index contributed by atoms with van der Waals surface area (Å²) in [6.07, 6.45) is 3.35. The van der Waals surface area contributed by atoms with Crippen LogP contribution in [0.1, 0.15) is 29.5 Å². The molecule has 0 spiro atoms. The minimum atomic E-state index is -0.450. The van der Waals surface area contributed by atoms with Gasteiger partial charge in [-0.3, -0.25) is 0 Å². The summed E-state index contributed by atoms with van der Waals surface area (Å²) in [5, 5.41) is 0.598. The summed E-state index contributed by atoms with van der Waals surface area (Å²) >= 11 is 6.24. The average molecular weight is 252 g/mol. The zero-order chi connectivity index (χ0) is 12.6. The molecule has 0 saturated heterocycles. The van der Waals surface area contributed by atoms with Crippen molar-refractivity contribution < 1.29 is 9.53 Å². The minimum Gasteiger partial charge on any atom is -0.495 e. The maximum absolute atomic E-state index is 10.5. The summed E-state index contributed by atoms with van der Waals surface area (Å²) in [5.74, 6) is 0.640. The standard InChI is InChI=1S/C13H14ClNO2/c1-8-6-9(2)11(14)12(17-3)10(8)13(4-5-13)15-7-16/h6H,4-5H2,1-3H3. The lowest BCUT2D eigenvalue weighted by atomic mass is 9.96. The molecule has 0 aromatic heterocycles. The van der Waals surface area contributed by atoms with Crippen molar-refractivity contribution in [3.63, 3.8) is 0 Å². The van der Waals surface area contributed by atoms with Gasteiger partial charge >= 0.3 is 0 Å². The SMILES string of the molecule is COc1c(Cl)c(C)cc(C)c1C1(N=C=O)CC1. The maximum atomic E-state index is 10.5. The van der Waals surface area contributed by atoms with Gasteiger partial charge in [0.25, 0.3) is 0 Å². The van der Waals surface area contributed by atoms with Crippen LogP contribution in [0.15, 0.2) is 11.1 Å². The molecular formula is C13H14ClNO2. The average Bonchev–Trinajstić information content (AvgIpc) is 3.04. The first-order chi connectivity index (χ1) is 8.05. The zero-order valence-corrected chi connectivity index (χ0v) is 10.9. The molecule has 1 aromatic rings. The molecule has 0 radical (unpaired) electrons. The molecule has 0 heterocycles. The Balaban J connectivity index is 2.69. The summed E-state index contributed by atoms with van der Waals surface area (Å²) in [7, 11) is 1.59. The molecule has 1 aromatic carbocycles. The quantitative estimate of drug-likeness (QED) is 0.611. The highest BCUT2D eigenvalue weighted by Gasteiger charge is 2.48. The van der Waals surface area contributed by atoms with Crippen LogP contribution in [0.3, 0.4) is 0 Å². The maximum Gasteiger partial charge on any atom is 0.235 e. The molecule has 3 nitrogen and oxygen atoms in total. The lowest BCUT2D eigenvalue weighted by Crippen LogP contribution is -2.09. The Kier molecular flexibility index (Phi) is 2.98. The summed E-state index contributed by atoms with van der Waals surface area (Å²) in [4.78, 5) is 14.5. The predicted molar refractivity (Wildman–Crippen MR) is 66.5 cm³/mol. The first-order valence-corrected chi connectivity index (χ1v) is 5.87. The Bertz CT molecular complexity index is 515. The van der Waals surface area contributed by atoms with Crippen LogP contribution >= 0.6 is 11.6 Å². The molecule has 17 heavy (non-hydrogen) atoms. The summed E-state index contributed by atoms with van der Waals surface area (Å²) in [6.45, 7) is 3.92. The van der Waals surface area contributed by atoms with Crippen molar-refractivity contribution in [1.82, 2.24) is 0 Å². The highest BCUT2D eigenvalue weighted by atomic mass is 35.5. The van der Waals surface area contributed by atoms with E-state index in [1.165, 1.54) is 0 Å². The molecule has 1 fully saturated rings. The van der Waals surface area contributed by atoms with Crippen molar-refractivity contribution in [2.75, 3.05) is 7.11 Å². The Hall–Kier alpha value is -1.31. The fourth-order valence-corrected chi connectivity index (χ4v) is 2.55. The summed E-state index contributed by atoms with van der Waals surface area (Å²) < 4.78 is 5.39. The number of nitrogens with zero attached hydrogens (tertiary/aromatic N) is 1. The molecule has 0 amide bonds. The van der Waals surface area contributed by atoms with Crippen LogP contribution in [-0.2, 0) is 10.3 Å². The monoisotopic (exact) mass is 251 g/mol. The van der Waals surface area contributed by atoms with E-state index in [0.29, 0.717) is 10.8 Å². The first kappa shape index (κ1) is 12.2. The molecular weight excluding hydrogens is 238 g/mol. The first-order valence-electron chi connectivity index (χ1n) is 5.49. The smallest absolute Gasteiger partial charge is 0.235 e. The van der Waals surface area contributed by atoms with Gasteiger partial charge in [0.15, 0.2) is 0 Å². The molecule has 4 heteroatoms. The zero-order valence-electron chi connectivity index (χ0n) is 10.1. The van der Waals surface area contributed by atoms with Gasteiger partial charge in [-0.15, -0.1) is 0 Å². The molecule has 2 rings (SSSR count). The third-order valence-electron chi connectivity index (χ3n) is 3.25. The van der Waals surface area contributed by atoms with Crippen LogP contribution in [0.5, 0.6) is 5.75 Å². The van der Waals surface area contributed by atoms with Crippen molar-refractivity contribution in [3.8, 4) is 5.75 Å². The lowest BCUT2D eigenvalue weighted by Gasteiger charge is -2.19. The number of isocyanates is 1. The molecule has 1 aliphatic rings. The Labute approximate surface area is 105 Å². The number of methoxy groups -OCH3 is 1. The fourth-order valence-electron chi connectivity index (χ4n) is 2.32. The van der Waals surface area contributed by atoms with Gasteiger partial charge in [0, 0.05) is 5.56 Å². The van der Waals surface area contributed by atoms with E-state index in [1.54, 1.807) is 13.2 Å². The number of aryl methyl sites for hydroxylation is 2. The highest BCUT2D eigenvalue weighted by Crippen LogP contribution is 2.55. The topological polar surface area (TPSA) is 38.7 Å². The van der Waals surface area contributed by atoms with Gasteiger partial charge in [-0.2, -0.15) is 4.99 Å². The van der Waals surface area contributed by atoms with Gasteiger partial charge in [0.1, 0.15) is 11.3 Å². The van der Waals surface area contributed by atoms with E-state index >= 15 is 0 Å². The molecule has 0 bridgehead atoms. The van der Waals surface area contributed by atoms with Gasteiger partial charge in [0.05, 0.1) is 12.1 Å². The number of benzene rings is 1. The fraction of sp³-hybridized carbons (Fsp3) is 0.462. The van der Waals surface area contributed by atoms with Crippen molar-refractivity contribution in [2.45, 2.75) is 32.2 Å². The second kappa shape index (κ2) is 4.17. The van der Waals surface area contributed by atoms with Gasteiger partial charge in [-0.25, -0.2) is 4.79 Å². The number of rotatable bonds is 3. The number of carbonyl (C=O) groups excluding carboxylic acids is 1. The van der Waals surface area contributed by atoms with Gasteiger partial charge in [-0.1, -0.05) is 17.7 Å². The Morgan fingerprint density at radius 1 is 1.41 bits per heavy atom. The van der Waals surface area contributed by atoms with Gasteiger partial charge < -0.3 is 4.74 Å². The second-order valence-electron chi connectivity index (χ2n) is 4.47. The Morgan fingerprint density at radius 2 is 2.06 bits per heavy atom. The van der Waals surface area contributed by atoms with Crippen LogP contribution < -0.4 is 4.74 Å². The molecule has 1 saturated carbocycles. The van der Waals surface area contributed by atoms with E-state index in [1.807, 2.05) is 19.9 Å². The van der Waals surface area contributed by atoms with Crippen molar-refractivity contribution >= 4 is 17.7 Å². The van der Waals surface area contributed by atoms with Crippen LogP contribution in [0, 0.1) is 13.8 Å². The summed E-state index contributed by atoms with van der Waals surface area (Å²) in [6, 6.07) is 2.00. The number of hydrogen-bond acceptors (Lipinski definition) is 3. The molecule has 0 aliphatic heterocycles. The molecule has 0 atom stereocenters. The third kappa shape index (κ3) is 1.86. The van der Waals surface area contributed by atoms with Crippen molar-refractivity contribution in [3.05, 3.63) is 27.8 Å². The van der Waals surface area contributed by atoms with E-state index in [0.717, 1.165) is 29.5 Å². The van der Waals surface area contributed by atoms with Crippen LogP contribution in [0.25, 0.3) is 0 Å². The number of aliphatic imine (C=N–C) groups is 1. The van der Waals surface area contributed by atoms with Gasteiger partial charge in [0.2, 0.25) is 6.08 Å². The van der Waals surface area contributed by atoms with E-state index in [2.05, 4.69) is 4.99 Å². The molecule has 90 valence electrons. The lowest BCUT2D eigenvalue weighted by molar-refractivity contribution is 0.403. The number of halogens is 1. The normalized spacial score (nSPS) is 16.2. The van der Waals surface area contributed by atoms with E-state index in [4.69, 9.17) is 16.3 Å². The number of ether oxygens (including phenoxy) is 1. The van der Waals surface area contributed by atoms with Crippen LogP contribution in [0.4, 0.5) is 0 Å². The summed E-state index contributed by atoms with van der Waals surface area (Å²) in [5.41, 5.74) is 2.50. The van der Waals surface area contributed by atoms with Crippen molar-refractivity contribution in [2.24, 2.45) is 4.99 Å². The second-order valence-corrected chi connectivity index (χ2v) is 4.85. The Morgan fingerprint density at radius 3 is 2.53 bits per heavy atom.